The van der Waals surface area contributed by atoms with E-state index in [-0.39, 0.29) is 4.90 Å². The molecule has 3 aromatic rings. The molecule has 1 aliphatic rings. The van der Waals surface area contributed by atoms with E-state index in [1.807, 2.05) is 24.3 Å². The van der Waals surface area contributed by atoms with Crippen LogP contribution >= 0.6 is 0 Å². The van der Waals surface area contributed by atoms with Crippen molar-refractivity contribution in [3.8, 4) is 11.5 Å². The smallest absolute Gasteiger partial charge is 0.246 e. The zero-order chi connectivity index (χ0) is 26.4. The van der Waals surface area contributed by atoms with Crippen molar-refractivity contribution in [3.05, 3.63) is 48.3 Å². The van der Waals surface area contributed by atoms with Gasteiger partial charge in [0.05, 0.1) is 26.3 Å². The Bertz CT molecular complexity index is 1310. The Kier molecular flexibility index (Phi) is 8.80. The third-order valence-corrected chi connectivity index (χ3v) is 8.33. The second-order valence-electron chi connectivity index (χ2n) is 9.29. The van der Waals surface area contributed by atoms with Crippen molar-refractivity contribution in [3.63, 3.8) is 0 Å². The number of fused-ring (bicyclic) bond motifs is 1. The molecule has 0 amide bonds. The lowest BCUT2D eigenvalue weighted by molar-refractivity contribution is 0.178. The van der Waals surface area contributed by atoms with E-state index in [4.69, 9.17) is 19.4 Å². The highest BCUT2D eigenvalue weighted by Gasteiger charge is 2.31. The molecule has 0 radical (unpaired) electrons. The maximum absolute atomic E-state index is 13.4. The van der Waals surface area contributed by atoms with Gasteiger partial charge in [-0.25, -0.2) is 18.4 Å². The molecule has 0 atom stereocenters. The van der Waals surface area contributed by atoms with Gasteiger partial charge >= 0.3 is 0 Å². The van der Waals surface area contributed by atoms with Crippen molar-refractivity contribution in [1.82, 2.24) is 24.1 Å². The molecule has 0 aliphatic carbocycles. The van der Waals surface area contributed by atoms with Crippen LogP contribution in [0.5, 0.6) is 11.5 Å². The summed E-state index contributed by atoms with van der Waals surface area (Å²) >= 11 is 0. The summed E-state index contributed by atoms with van der Waals surface area (Å²) in [6.07, 6.45) is 1.01. The number of aromatic nitrogens is 2. The van der Waals surface area contributed by atoms with Crippen molar-refractivity contribution in [1.29, 1.82) is 0 Å². The van der Waals surface area contributed by atoms with Gasteiger partial charge < -0.3 is 19.7 Å². The first-order valence-corrected chi connectivity index (χ1v) is 13.8. The molecule has 4 rings (SSSR count). The fourth-order valence-electron chi connectivity index (χ4n) is 4.38. The monoisotopic (exact) mass is 528 g/mol. The number of hydrogen-bond acceptors (Lipinski definition) is 9. The van der Waals surface area contributed by atoms with E-state index in [0.29, 0.717) is 44.2 Å². The third kappa shape index (κ3) is 6.48. The van der Waals surface area contributed by atoms with Gasteiger partial charge in [0.15, 0.2) is 0 Å². The molecule has 1 aromatic heterocycles. The van der Waals surface area contributed by atoms with E-state index in [9.17, 15) is 8.42 Å². The zero-order valence-corrected chi connectivity index (χ0v) is 22.8. The van der Waals surface area contributed by atoms with Gasteiger partial charge in [0.1, 0.15) is 28.0 Å². The summed E-state index contributed by atoms with van der Waals surface area (Å²) in [6.45, 7) is 4.26. The Morgan fingerprint density at radius 3 is 2.46 bits per heavy atom. The molecular weight excluding hydrogens is 492 g/mol. The molecule has 1 fully saturated rings. The SMILES string of the molecule is COc1ccc(OC)c(S(=O)(=O)N2CCN(Cc3nc(NCCCN(C)C)c4ccccc4n3)CC2)c1. The molecule has 2 heterocycles. The lowest BCUT2D eigenvalue weighted by Gasteiger charge is -2.33. The second-order valence-corrected chi connectivity index (χ2v) is 11.2. The number of piperazine rings is 1. The van der Waals surface area contributed by atoms with E-state index in [1.165, 1.54) is 24.6 Å². The van der Waals surface area contributed by atoms with Crippen molar-refractivity contribution >= 4 is 26.7 Å². The molecule has 11 heteroatoms. The number of anilines is 1. The van der Waals surface area contributed by atoms with Crippen molar-refractivity contribution in [2.45, 2.75) is 17.9 Å². The van der Waals surface area contributed by atoms with Crippen LogP contribution in [0, 0.1) is 0 Å². The Hall–Kier alpha value is -2.99. The quantitative estimate of drug-likeness (QED) is 0.376. The summed E-state index contributed by atoms with van der Waals surface area (Å²) in [5, 5.41) is 4.48. The minimum absolute atomic E-state index is 0.116. The maximum atomic E-state index is 13.4. The van der Waals surface area contributed by atoms with Crippen LogP contribution in [0.4, 0.5) is 5.82 Å². The van der Waals surface area contributed by atoms with E-state index in [0.717, 1.165) is 42.1 Å². The average Bonchev–Trinajstić information content (AvgIpc) is 2.90. The maximum Gasteiger partial charge on any atom is 0.246 e. The highest BCUT2D eigenvalue weighted by molar-refractivity contribution is 7.89. The topological polar surface area (TPSA) is 100 Å². The van der Waals surface area contributed by atoms with E-state index in [2.05, 4.69) is 29.2 Å². The molecule has 0 spiro atoms. The molecule has 10 nitrogen and oxygen atoms in total. The van der Waals surface area contributed by atoms with Crippen LogP contribution in [0.15, 0.2) is 47.4 Å². The zero-order valence-electron chi connectivity index (χ0n) is 22.0. The number of benzene rings is 2. The van der Waals surface area contributed by atoms with Crippen LogP contribution in [0.1, 0.15) is 12.2 Å². The molecule has 37 heavy (non-hydrogen) atoms. The van der Waals surface area contributed by atoms with Gasteiger partial charge in [0, 0.05) is 44.2 Å². The largest absolute Gasteiger partial charge is 0.497 e. The van der Waals surface area contributed by atoms with Gasteiger partial charge in [-0.1, -0.05) is 12.1 Å². The number of nitrogens with one attached hydrogen (secondary N) is 1. The van der Waals surface area contributed by atoms with Crippen LogP contribution in [-0.4, -0.2) is 100 Å². The van der Waals surface area contributed by atoms with Crippen molar-refractivity contribution in [2.75, 3.05) is 72.9 Å². The van der Waals surface area contributed by atoms with Gasteiger partial charge in [-0.05, 0) is 51.3 Å². The molecule has 1 saturated heterocycles. The summed E-state index contributed by atoms with van der Waals surface area (Å²) in [5.74, 6) is 2.33. The predicted molar refractivity (Wildman–Crippen MR) is 145 cm³/mol. The first-order chi connectivity index (χ1) is 17.8. The van der Waals surface area contributed by atoms with Crippen LogP contribution in [0.2, 0.25) is 0 Å². The number of sulfonamides is 1. The van der Waals surface area contributed by atoms with Gasteiger partial charge in [-0.2, -0.15) is 4.31 Å². The Labute approximate surface area is 219 Å². The summed E-state index contributed by atoms with van der Waals surface area (Å²) in [5.41, 5.74) is 0.897. The van der Waals surface area contributed by atoms with Crippen LogP contribution in [-0.2, 0) is 16.6 Å². The number of ether oxygens (including phenoxy) is 2. The van der Waals surface area contributed by atoms with Gasteiger partial charge in [0.25, 0.3) is 0 Å². The minimum atomic E-state index is -3.73. The number of methoxy groups -OCH3 is 2. The standard InChI is InChI=1S/C26H36N6O4S/c1-30(2)13-7-12-27-26-21-8-5-6-9-22(21)28-25(29-26)19-31-14-16-32(17-15-31)37(33,34)24-18-20(35-3)10-11-23(24)36-4/h5-6,8-11,18H,7,12-17,19H2,1-4H3,(H,27,28,29). The van der Waals surface area contributed by atoms with Gasteiger partial charge in [-0.3, -0.25) is 4.90 Å². The molecule has 1 N–H and O–H groups in total. The highest BCUT2D eigenvalue weighted by atomic mass is 32.2. The van der Waals surface area contributed by atoms with E-state index in [1.54, 1.807) is 12.1 Å². The van der Waals surface area contributed by atoms with Crippen molar-refractivity contribution < 1.29 is 17.9 Å². The van der Waals surface area contributed by atoms with Crippen LogP contribution in [0.3, 0.4) is 0 Å². The molecule has 200 valence electrons. The summed E-state index contributed by atoms with van der Waals surface area (Å²) in [6, 6.07) is 12.8. The molecule has 2 aromatic carbocycles. The normalized spacial score (nSPS) is 15.3. The second kappa shape index (κ2) is 12.0. The van der Waals surface area contributed by atoms with Gasteiger partial charge in [0.2, 0.25) is 10.0 Å². The molecule has 0 bridgehead atoms. The number of rotatable bonds is 11. The Balaban J connectivity index is 1.44. The minimum Gasteiger partial charge on any atom is -0.497 e. The summed E-state index contributed by atoms with van der Waals surface area (Å²) < 4.78 is 38.8. The summed E-state index contributed by atoms with van der Waals surface area (Å²) in [4.78, 5) is 14.1. The molecular formula is C26H36N6O4S. The Morgan fingerprint density at radius 1 is 1.00 bits per heavy atom. The molecule has 1 aliphatic heterocycles. The third-order valence-electron chi connectivity index (χ3n) is 6.41. The van der Waals surface area contributed by atoms with Crippen LogP contribution < -0.4 is 14.8 Å². The lowest BCUT2D eigenvalue weighted by Crippen LogP contribution is -2.48. The molecule has 0 unspecified atom stereocenters. The summed E-state index contributed by atoms with van der Waals surface area (Å²) in [7, 11) is 3.38. The lowest BCUT2D eigenvalue weighted by atomic mass is 10.2. The first kappa shape index (κ1) is 27.1. The number of nitrogens with zero attached hydrogens (tertiary/aromatic N) is 5. The number of para-hydroxylation sites is 1. The Morgan fingerprint density at radius 2 is 1.76 bits per heavy atom. The van der Waals surface area contributed by atoms with E-state index >= 15 is 0 Å². The fourth-order valence-corrected chi connectivity index (χ4v) is 5.98. The predicted octanol–water partition coefficient (Wildman–Crippen LogP) is 2.52. The highest BCUT2D eigenvalue weighted by Crippen LogP contribution is 2.31. The van der Waals surface area contributed by atoms with Crippen molar-refractivity contribution in [2.24, 2.45) is 0 Å². The van der Waals surface area contributed by atoms with Gasteiger partial charge in [-0.15, -0.1) is 0 Å². The number of hydrogen-bond donors (Lipinski definition) is 1. The molecule has 0 saturated carbocycles. The fraction of sp³-hybridized carbons (Fsp3) is 0.462. The average molecular weight is 529 g/mol. The van der Waals surface area contributed by atoms with E-state index < -0.39 is 10.0 Å². The van der Waals surface area contributed by atoms with Crippen LogP contribution in [0.25, 0.3) is 10.9 Å². The first-order valence-electron chi connectivity index (χ1n) is 12.4.